The molecule has 15 heavy (non-hydrogen) atoms. The number of hydrogen-bond acceptors (Lipinski definition) is 5. The third kappa shape index (κ3) is 2.16. The molecule has 0 radical (unpaired) electrons. The number of amides is 1. The highest BCUT2D eigenvalue weighted by Crippen LogP contribution is 2.08. The Hall–Kier alpha value is -1.40. The molecule has 1 fully saturated rings. The van der Waals surface area contributed by atoms with E-state index in [0.717, 1.165) is 0 Å². The van der Waals surface area contributed by atoms with Gasteiger partial charge >= 0.3 is 0 Å². The molecule has 1 aromatic heterocycles. The predicted octanol–water partition coefficient (Wildman–Crippen LogP) is -0.492. The lowest BCUT2D eigenvalue weighted by Crippen LogP contribution is -2.47. The van der Waals surface area contributed by atoms with E-state index in [2.05, 4.69) is 9.68 Å². The van der Waals surface area contributed by atoms with Crippen LogP contribution in [0.15, 0.2) is 16.9 Å². The van der Waals surface area contributed by atoms with Gasteiger partial charge in [-0.05, 0) is 0 Å². The molecule has 0 aliphatic carbocycles. The van der Waals surface area contributed by atoms with Crippen molar-refractivity contribution in [2.24, 2.45) is 0 Å². The number of carbonyl (C=O) groups is 1. The normalized spacial score (nSPS) is 21.7. The highest BCUT2D eigenvalue weighted by molar-refractivity contribution is 5.92. The Labute approximate surface area is 86.4 Å². The van der Waals surface area contributed by atoms with Crippen LogP contribution in [-0.2, 0) is 4.74 Å². The standard InChI is InChI=1S/C9H12N2O4/c12-6-7-5-11(2-4-14-7)9(13)8-1-3-15-10-8/h1,3,7,12H,2,4-6H2. The van der Waals surface area contributed by atoms with Gasteiger partial charge in [0.15, 0.2) is 5.69 Å². The maximum atomic E-state index is 11.8. The molecule has 82 valence electrons. The number of morpholine rings is 1. The van der Waals surface area contributed by atoms with Crippen LogP contribution in [0, 0.1) is 0 Å². The summed E-state index contributed by atoms with van der Waals surface area (Å²) in [5.74, 6) is -0.189. The quantitative estimate of drug-likeness (QED) is 0.715. The smallest absolute Gasteiger partial charge is 0.276 e. The van der Waals surface area contributed by atoms with Gasteiger partial charge in [-0.25, -0.2) is 0 Å². The minimum atomic E-state index is -0.297. The summed E-state index contributed by atoms with van der Waals surface area (Å²) in [5, 5.41) is 12.5. The molecule has 0 saturated carbocycles. The number of ether oxygens (including phenoxy) is 1. The van der Waals surface area contributed by atoms with Gasteiger partial charge < -0.3 is 19.3 Å². The minimum absolute atomic E-state index is 0.0808. The zero-order valence-corrected chi connectivity index (χ0v) is 8.13. The van der Waals surface area contributed by atoms with E-state index in [0.29, 0.717) is 19.7 Å². The van der Waals surface area contributed by atoms with E-state index in [1.807, 2.05) is 0 Å². The van der Waals surface area contributed by atoms with Crippen molar-refractivity contribution in [3.05, 3.63) is 18.0 Å². The van der Waals surface area contributed by atoms with E-state index in [1.54, 1.807) is 4.90 Å². The van der Waals surface area contributed by atoms with Crippen molar-refractivity contribution in [3.8, 4) is 0 Å². The van der Waals surface area contributed by atoms with E-state index in [-0.39, 0.29) is 24.3 Å². The molecule has 6 nitrogen and oxygen atoms in total. The van der Waals surface area contributed by atoms with E-state index < -0.39 is 0 Å². The van der Waals surface area contributed by atoms with Crippen LogP contribution in [0.5, 0.6) is 0 Å². The number of aliphatic hydroxyl groups excluding tert-OH is 1. The molecule has 0 spiro atoms. The minimum Gasteiger partial charge on any atom is -0.394 e. The molecule has 1 unspecified atom stereocenters. The molecule has 1 aromatic rings. The second-order valence-corrected chi connectivity index (χ2v) is 3.31. The monoisotopic (exact) mass is 212 g/mol. The summed E-state index contributed by atoms with van der Waals surface area (Å²) < 4.78 is 9.84. The second-order valence-electron chi connectivity index (χ2n) is 3.31. The lowest BCUT2D eigenvalue weighted by atomic mass is 10.2. The summed E-state index contributed by atoms with van der Waals surface area (Å²) >= 11 is 0. The fraction of sp³-hybridized carbons (Fsp3) is 0.556. The molecule has 1 N–H and O–H groups in total. The molecule has 6 heteroatoms. The maximum Gasteiger partial charge on any atom is 0.276 e. The molecule has 1 aliphatic heterocycles. The summed E-state index contributed by atoms with van der Waals surface area (Å²) in [6, 6.07) is 1.52. The Balaban J connectivity index is 2.01. The summed E-state index contributed by atoms with van der Waals surface area (Å²) in [6.07, 6.45) is 1.06. The topological polar surface area (TPSA) is 75.8 Å². The Bertz CT molecular complexity index is 325. The number of aromatic nitrogens is 1. The van der Waals surface area contributed by atoms with Gasteiger partial charge in [0.05, 0.1) is 19.3 Å². The van der Waals surface area contributed by atoms with Gasteiger partial charge in [-0.3, -0.25) is 4.79 Å². The number of nitrogens with zero attached hydrogens (tertiary/aromatic N) is 2. The number of carbonyl (C=O) groups excluding carboxylic acids is 1. The first kappa shape index (κ1) is 10.1. The van der Waals surface area contributed by atoms with Crippen molar-refractivity contribution in [3.63, 3.8) is 0 Å². The van der Waals surface area contributed by atoms with Crippen LogP contribution in [0.3, 0.4) is 0 Å². The first-order chi connectivity index (χ1) is 7.31. The van der Waals surface area contributed by atoms with Gasteiger partial charge in [0.25, 0.3) is 5.91 Å². The maximum absolute atomic E-state index is 11.8. The van der Waals surface area contributed by atoms with E-state index in [1.165, 1.54) is 12.3 Å². The third-order valence-corrected chi connectivity index (χ3v) is 2.29. The van der Waals surface area contributed by atoms with Gasteiger partial charge in [0.2, 0.25) is 0 Å². The summed E-state index contributed by atoms with van der Waals surface area (Å²) in [5.41, 5.74) is 0.286. The van der Waals surface area contributed by atoms with Gasteiger partial charge in [-0.1, -0.05) is 5.16 Å². The molecule has 1 saturated heterocycles. The molecular formula is C9H12N2O4. The van der Waals surface area contributed by atoms with Crippen molar-refractivity contribution in [1.29, 1.82) is 0 Å². The van der Waals surface area contributed by atoms with Crippen LogP contribution in [0.4, 0.5) is 0 Å². The van der Waals surface area contributed by atoms with Crippen molar-refractivity contribution in [2.75, 3.05) is 26.3 Å². The van der Waals surface area contributed by atoms with E-state index in [9.17, 15) is 4.79 Å². The number of rotatable bonds is 2. The molecule has 1 amide bonds. The summed E-state index contributed by atoms with van der Waals surface area (Å²) in [7, 11) is 0. The Morgan fingerprint density at radius 3 is 3.27 bits per heavy atom. The molecular weight excluding hydrogens is 200 g/mol. The average Bonchev–Trinajstić information content (AvgIpc) is 2.81. The first-order valence-corrected chi connectivity index (χ1v) is 4.73. The van der Waals surface area contributed by atoms with Crippen LogP contribution in [-0.4, -0.2) is 53.5 Å². The predicted molar refractivity (Wildman–Crippen MR) is 49.2 cm³/mol. The lowest BCUT2D eigenvalue weighted by molar-refractivity contribution is -0.0449. The number of hydrogen-bond donors (Lipinski definition) is 1. The van der Waals surface area contributed by atoms with Gasteiger partial charge in [0.1, 0.15) is 6.26 Å². The molecule has 0 bridgehead atoms. The molecule has 1 aliphatic rings. The Morgan fingerprint density at radius 1 is 1.73 bits per heavy atom. The SMILES string of the molecule is O=C(c1ccon1)N1CCOC(CO)C1. The van der Waals surface area contributed by atoms with Crippen LogP contribution in [0.2, 0.25) is 0 Å². The third-order valence-electron chi connectivity index (χ3n) is 2.29. The average molecular weight is 212 g/mol. The fourth-order valence-corrected chi connectivity index (χ4v) is 1.50. The highest BCUT2D eigenvalue weighted by Gasteiger charge is 2.25. The first-order valence-electron chi connectivity index (χ1n) is 4.73. The van der Waals surface area contributed by atoms with Crippen LogP contribution in [0.25, 0.3) is 0 Å². The second kappa shape index (κ2) is 4.41. The van der Waals surface area contributed by atoms with Crippen LogP contribution >= 0.6 is 0 Å². The van der Waals surface area contributed by atoms with E-state index in [4.69, 9.17) is 9.84 Å². The highest BCUT2D eigenvalue weighted by atomic mass is 16.5. The molecule has 2 rings (SSSR count). The van der Waals surface area contributed by atoms with Crippen molar-refractivity contribution in [2.45, 2.75) is 6.10 Å². The molecule has 2 heterocycles. The van der Waals surface area contributed by atoms with E-state index >= 15 is 0 Å². The zero-order valence-electron chi connectivity index (χ0n) is 8.13. The van der Waals surface area contributed by atoms with Gasteiger partial charge in [-0.15, -0.1) is 0 Å². The lowest BCUT2D eigenvalue weighted by Gasteiger charge is -2.31. The molecule has 0 aromatic carbocycles. The van der Waals surface area contributed by atoms with Crippen molar-refractivity contribution in [1.82, 2.24) is 10.1 Å². The fourth-order valence-electron chi connectivity index (χ4n) is 1.50. The van der Waals surface area contributed by atoms with Crippen molar-refractivity contribution >= 4 is 5.91 Å². The summed E-state index contributed by atoms with van der Waals surface area (Å²) in [4.78, 5) is 13.4. The van der Waals surface area contributed by atoms with Gasteiger partial charge in [0, 0.05) is 19.2 Å². The Morgan fingerprint density at radius 2 is 2.60 bits per heavy atom. The number of aliphatic hydroxyl groups is 1. The van der Waals surface area contributed by atoms with Crippen LogP contribution in [0.1, 0.15) is 10.5 Å². The largest absolute Gasteiger partial charge is 0.394 e. The van der Waals surface area contributed by atoms with Crippen molar-refractivity contribution < 1.29 is 19.2 Å². The molecule has 1 atom stereocenters. The zero-order chi connectivity index (χ0) is 10.7. The Kier molecular flexibility index (Phi) is 2.98. The van der Waals surface area contributed by atoms with Gasteiger partial charge in [-0.2, -0.15) is 0 Å². The summed E-state index contributed by atoms with van der Waals surface area (Å²) in [6.45, 7) is 1.27. The van der Waals surface area contributed by atoms with Crippen LogP contribution < -0.4 is 0 Å².